The molecule has 0 bridgehead atoms. The Hall–Kier alpha value is -5.05. The van der Waals surface area contributed by atoms with E-state index in [2.05, 4.69) is 26.3 Å². The monoisotopic (exact) mass is 604 g/mol. The van der Waals surface area contributed by atoms with Crippen molar-refractivity contribution in [2.75, 3.05) is 39.3 Å². The van der Waals surface area contributed by atoms with Gasteiger partial charge < -0.3 is 64.4 Å². The first-order chi connectivity index (χ1) is 19.7. The first-order valence-electron chi connectivity index (χ1n) is 12.2. The average molecular weight is 605 g/mol. The molecule has 6 amide bonds. The molecule has 0 rings (SSSR count). The van der Waals surface area contributed by atoms with Crippen LogP contribution < -0.4 is 49.1 Å². The highest BCUT2D eigenvalue weighted by molar-refractivity contribution is 5.95. The van der Waals surface area contributed by atoms with Crippen LogP contribution in [0, 0.1) is 0 Å². The van der Waals surface area contributed by atoms with Crippen LogP contribution in [0.25, 0.3) is 0 Å². The lowest BCUT2D eigenvalue weighted by Crippen LogP contribution is -2.55. The van der Waals surface area contributed by atoms with Gasteiger partial charge in [0.15, 0.2) is 5.96 Å². The summed E-state index contributed by atoms with van der Waals surface area (Å²) >= 11 is 0. The summed E-state index contributed by atoms with van der Waals surface area (Å²) in [4.78, 5) is 98.3. The third-order valence-corrected chi connectivity index (χ3v) is 4.93. The molecule has 0 spiro atoms. The smallest absolute Gasteiger partial charge is 0.328 e. The molecule has 0 aromatic carbocycles. The quantitative estimate of drug-likeness (QED) is 0.0349. The number of guanidine groups is 1. The van der Waals surface area contributed by atoms with E-state index in [0.29, 0.717) is 0 Å². The van der Waals surface area contributed by atoms with E-state index >= 15 is 0 Å². The van der Waals surface area contributed by atoms with Gasteiger partial charge in [-0.05, 0) is 12.8 Å². The van der Waals surface area contributed by atoms with E-state index in [9.17, 15) is 38.4 Å². The Labute approximate surface area is 238 Å². The number of carbonyl (C=O) groups is 8. The minimum Gasteiger partial charge on any atom is -0.481 e. The van der Waals surface area contributed by atoms with Gasteiger partial charge in [-0.1, -0.05) is 0 Å². The van der Waals surface area contributed by atoms with Gasteiger partial charge in [-0.2, -0.15) is 0 Å². The maximum Gasteiger partial charge on any atom is 0.328 e. The van der Waals surface area contributed by atoms with Crippen molar-refractivity contribution in [2.45, 2.75) is 37.4 Å². The zero-order chi connectivity index (χ0) is 32.2. The highest BCUT2D eigenvalue weighted by Crippen LogP contribution is 2.00. The highest BCUT2D eigenvalue weighted by atomic mass is 16.4. The van der Waals surface area contributed by atoms with Crippen LogP contribution in [-0.2, 0) is 38.4 Å². The van der Waals surface area contributed by atoms with Crippen molar-refractivity contribution in [1.29, 1.82) is 0 Å². The summed E-state index contributed by atoms with van der Waals surface area (Å²) in [5.74, 6) is -8.60. The van der Waals surface area contributed by atoms with Crippen molar-refractivity contribution in [2.24, 2.45) is 22.2 Å². The van der Waals surface area contributed by atoms with Crippen LogP contribution in [0.15, 0.2) is 4.99 Å². The fourth-order valence-electron chi connectivity index (χ4n) is 2.89. The molecule has 3 atom stereocenters. The number of aliphatic imine (C=N–C) groups is 1. The van der Waals surface area contributed by atoms with E-state index in [1.54, 1.807) is 0 Å². The Morgan fingerprint density at radius 3 is 1.76 bits per heavy atom. The van der Waals surface area contributed by atoms with Gasteiger partial charge in [0.05, 0.1) is 39.2 Å². The van der Waals surface area contributed by atoms with Crippen molar-refractivity contribution < 1.29 is 53.7 Å². The number of carboxylic acid groups (broad SMARTS) is 2. The number of carboxylic acids is 2. The second-order valence-corrected chi connectivity index (χ2v) is 8.34. The molecule has 0 heterocycles. The molecule has 0 aliphatic heterocycles. The molecule has 0 aromatic rings. The van der Waals surface area contributed by atoms with Gasteiger partial charge in [0.1, 0.15) is 18.1 Å². The van der Waals surface area contributed by atoms with Crippen LogP contribution >= 0.6 is 0 Å². The van der Waals surface area contributed by atoms with E-state index in [0.717, 1.165) is 0 Å². The number of amides is 6. The summed E-state index contributed by atoms with van der Waals surface area (Å²) in [6.07, 6.45) is -0.789. The summed E-state index contributed by atoms with van der Waals surface area (Å²) in [5, 5.41) is 39.8. The summed E-state index contributed by atoms with van der Waals surface area (Å²) in [6, 6.07) is -4.77. The number of carbonyl (C=O) groups excluding carboxylic acids is 6. The molecule has 0 radical (unpaired) electrons. The zero-order valence-electron chi connectivity index (χ0n) is 22.4. The van der Waals surface area contributed by atoms with E-state index in [1.807, 2.05) is 10.6 Å². The average Bonchev–Trinajstić information content (AvgIpc) is 2.92. The lowest BCUT2D eigenvalue weighted by molar-refractivity contribution is -0.144. The Kier molecular flexibility index (Phi) is 17.5. The second kappa shape index (κ2) is 19.9. The van der Waals surface area contributed by atoms with Gasteiger partial charge in [0, 0.05) is 6.54 Å². The lowest BCUT2D eigenvalue weighted by Gasteiger charge is -2.21. The van der Waals surface area contributed by atoms with Crippen molar-refractivity contribution in [3.63, 3.8) is 0 Å². The Balaban J connectivity index is 5.21. The number of aliphatic hydroxyl groups excluding tert-OH is 1. The molecule has 236 valence electrons. The van der Waals surface area contributed by atoms with Crippen LogP contribution in [0.2, 0.25) is 0 Å². The molecule has 42 heavy (non-hydrogen) atoms. The first-order valence-corrected chi connectivity index (χ1v) is 12.2. The Morgan fingerprint density at radius 1 is 0.690 bits per heavy atom. The number of hydrogen-bond donors (Lipinski definition) is 12. The molecule has 0 aliphatic carbocycles. The van der Waals surface area contributed by atoms with Crippen LogP contribution in [0.1, 0.15) is 19.3 Å². The third-order valence-electron chi connectivity index (χ3n) is 4.93. The molecule has 0 saturated carbocycles. The SMILES string of the molecule is NCC(=O)NCC(=O)NCC(=O)N[C@@H](CCCN=C(N)N)C(=O)NCC(=O)N[C@@H](CC(=O)O)C(=O)N[C@@H](CO)C(=O)O. The first kappa shape index (κ1) is 36.9. The summed E-state index contributed by atoms with van der Waals surface area (Å²) in [7, 11) is 0. The molecule has 0 fully saturated rings. The van der Waals surface area contributed by atoms with Crippen LogP contribution in [-0.4, -0.2) is 126 Å². The Morgan fingerprint density at radius 2 is 1.24 bits per heavy atom. The molecule has 0 aliphatic rings. The van der Waals surface area contributed by atoms with Crippen molar-refractivity contribution in [1.82, 2.24) is 31.9 Å². The van der Waals surface area contributed by atoms with E-state index in [1.165, 1.54) is 0 Å². The van der Waals surface area contributed by atoms with E-state index in [4.69, 9.17) is 32.5 Å². The fraction of sp³-hybridized carbons (Fsp3) is 0.571. The van der Waals surface area contributed by atoms with Crippen LogP contribution in [0.5, 0.6) is 0 Å². The maximum atomic E-state index is 12.7. The lowest BCUT2D eigenvalue weighted by atomic mass is 10.1. The van der Waals surface area contributed by atoms with E-state index in [-0.39, 0.29) is 31.9 Å². The number of nitrogens with zero attached hydrogens (tertiary/aromatic N) is 1. The predicted molar refractivity (Wildman–Crippen MR) is 141 cm³/mol. The number of aliphatic carboxylic acids is 2. The van der Waals surface area contributed by atoms with Gasteiger partial charge >= 0.3 is 11.9 Å². The summed E-state index contributed by atoms with van der Waals surface area (Å²) in [6.45, 7) is -3.08. The molecule has 21 heteroatoms. The van der Waals surface area contributed by atoms with E-state index < -0.39 is 98.2 Å². The number of nitrogens with two attached hydrogens (primary N) is 3. The number of nitrogens with one attached hydrogen (secondary N) is 6. The molecule has 0 aromatic heterocycles. The Bertz CT molecular complexity index is 1030. The van der Waals surface area contributed by atoms with Crippen molar-refractivity contribution in [3.8, 4) is 0 Å². The predicted octanol–water partition coefficient (Wildman–Crippen LogP) is -7.65. The van der Waals surface area contributed by atoms with Gasteiger partial charge in [0.25, 0.3) is 0 Å². The zero-order valence-corrected chi connectivity index (χ0v) is 22.4. The van der Waals surface area contributed by atoms with Crippen LogP contribution in [0.3, 0.4) is 0 Å². The van der Waals surface area contributed by atoms with Crippen molar-refractivity contribution in [3.05, 3.63) is 0 Å². The highest BCUT2D eigenvalue weighted by Gasteiger charge is 2.28. The largest absolute Gasteiger partial charge is 0.481 e. The second-order valence-electron chi connectivity index (χ2n) is 8.34. The third kappa shape index (κ3) is 16.8. The van der Waals surface area contributed by atoms with Crippen LogP contribution in [0.4, 0.5) is 0 Å². The normalized spacial score (nSPS) is 12.3. The number of rotatable bonds is 20. The van der Waals surface area contributed by atoms with Gasteiger partial charge in [-0.15, -0.1) is 0 Å². The molecular weight excluding hydrogens is 568 g/mol. The van der Waals surface area contributed by atoms with Gasteiger partial charge in [0.2, 0.25) is 35.4 Å². The minimum absolute atomic E-state index is 0.0295. The van der Waals surface area contributed by atoms with Crippen molar-refractivity contribution >= 4 is 53.3 Å². The molecule has 15 N–H and O–H groups in total. The summed E-state index contributed by atoms with van der Waals surface area (Å²) < 4.78 is 0. The molecular formula is C21H36N10O11. The minimum atomic E-state index is -1.76. The topological polar surface area (TPSA) is 360 Å². The summed E-state index contributed by atoms with van der Waals surface area (Å²) in [5.41, 5.74) is 15.6. The number of hydrogen-bond acceptors (Lipinski definition) is 11. The number of aliphatic hydroxyl groups is 1. The standard InChI is InChI=1S/C21H36N10O11/c22-5-13(33)26-6-14(34)27-7-15(35)29-10(2-1-3-25-21(23)24)18(39)28-8-16(36)30-11(4-17(37)38)19(40)31-12(9-32)20(41)42/h10-12,32H,1-9,22H2,(H,26,33)(H,27,34)(H,28,39)(H,29,35)(H,30,36)(H,31,40)(H,37,38)(H,41,42)(H4,23,24,25)/t10-,11-,12-/m0/s1. The molecule has 21 nitrogen and oxygen atoms in total. The fourth-order valence-corrected chi connectivity index (χ4v) is 2.89. The molecule has 0 unspecified atom stereocenters. The van der Waals surface area contributed by atoms with Gasteiger partial charge in [-0.3, -0.25) is 38.6 Å². The maximum absolute atomic E-state index is 12.7. The molecule has 0 saturated heterocycles. The van der Waals surface area contributed by atoms with Gasteiger partial charge in [-0.25, -0.2) is 4.79 Å².